The second-order valence-corrected chi connectivity index (χ2v) is 8.06. The van der Waals surface area contributed by atoms with Crippen molar-refractivity contribution in [1.29, 1.82) is 0 Å². The van der Waals surface area contributed by atoms with Crippen LogP contribution in [0.2, 0.25) is 5.02 Å². The largest absolute Gasteiger partial charge is 0.354 e. The number of carbonyl (C=O) groups excluding carboxylic acids is 1. The zero-order valence-corrected chi connectivity index (χ0v) is 18.3. The molecule has 5 heteroatoms. The molecule has 1 atom stereocenters. The van der Waals surface area contributed by atoms with Gasteiger partial charge in [0.15, 0.2) is 0 Å². The first-order valence-electron chi connectivity index (χ1n) is 10.7. The van der Waals surface area contributed by atoms with E-state index in [9.17, 15) is 4.79 Å². The fourth-order valence-corrected chi connectivity index (χ4v) is 4.07. The minimum absolute atomic E-state index is 0.00507. The summed E-state index contributed by atoms with van der Waals surface area (Å²) in [5.41, 5.74) is 4.04. The third kappa shape index (κ3) is 4.80. The van der Waals surface area contributed by atoms with Crippen LogP contribution in [0, 0.1) is 0 Å². The summed E-state index contributed by atoms with van der Waals surface area (Å²) in [5.74, 6) is -0.00507. The van der Waals surface area contributed by atoms with Crippen molar-refractivity contribution < 1.29 is 4.79 Å². The highest BCUT2D eigenvalue weighted by Gasteiger charge is 2.23. The number of rotatable bonds is 8. The number of halogens is 1. The van der Waals surface area contributed by atoms with Gasteiger partial charge in [0.2, 0.25) is 5.91 Å². The molecule has 0 spiro atoms. The Morgan fingerprint density at radius 3 is 2.45 bits per heavy atom. The number of hydrogen-bond donors (Lipinski definition) is 1. The summed E-state index contributed by atoms with van der Waals surface area (Å²) in [6.07, 6.45) is 2.49. The van der Waals surface area contributed by atoms with Gasteiger partial charge < -0.3 is 5.32 Å². The fourth-order valence-electron chi connectivity index (χ4n) is 3.90. The van der Waals surface area contributed by atoms with Crippen molar-refractivity contribution in [2.45, 2.75) is 32.2 Å². The predicted octanol–water partition coefficient (Wildman–Crippen LogP) is 6.06. The standard InChI is InChI=1S/C26H26ClN3O/c1-2-23(26(31)28-17-9-12-19-10-5-3-6-11-19)30-24-16-15-21(27)18-22(24)25(29-30)20-13-7-4-8-14-20/h3-8,10-11,13-16,18,23H,2,9,12,17H2,1H3,(H,28,31)/t23-/m1/s1. The molecule has 1 aromatic heterocycles. The summed E-state index contributed by atoms with van der Waals surface area (Å²) < 4.78 is 1.85. The summed E-state index contributed by atoms with van der Waals surface area (Å²) in [6, 6.07) is 25.7. The third-order valence-electron chi connectivity index (χ3n) is 5.48. The number of amides is 1. The lowest BCUT2D eigenvalue weighted by Gasteiger charge is -2.17. The molecule has 0 radical (unpaired) electrons. The molecule has 0 aliphatic rings. The van der Waals surface area contributed by atoms with Crippen molar-refractivity contribution in [2.24, 2.45) is 0 Å². The average molecular weight is 432 g/mol. The number of aromatic nitrogens is 2. The number of fused-ring (bicyclic) bond motifs is 1. The van der Waals surface area contributed by atoms with E-state index >= 15 is 0 Å². The van der Waals surface area contributed by atoms with Gasteiger partial charge >= 0.3 is 0 Å². The molecule has 0 saturated carbocycles. The molecule has 0 saturated heterocycles. The van der Waals surface area contributed by atoms with Crippen LogP contribution in [0.4, 0.5) is 0 Å². The van der Waals surface area contributed by atoms with E-state index in [-0.39, 0.29) is 11.9 Å². The summed E-state index contributed by atoms with van der Waals surface area (Å²) in [4.78, 5) is 13.0. The van der Waals surface area contributed by atoms with Gasteiger partial charge in [-0.3, -0.25) is 9.48 Å². The Kier molecular flexibility index (Phi) is 6.68. The number of hydrogen-bond acceptors (Lipinski definition) is 2. The first-order valence-corrected chi connectivity index (χ1v) is 11.1. The fraction of sp³-hybridized carbons (Fsp3) is 0.231. The van der Waals surface area contributed by atoms with Crippen LogP contribution in [-0.4, -0.2) is 22.2 Å². The molecule has 31 heavy (non-hydrogen) atoms. The monoisotopic (exact) mass is 431 g/mol. The Bertz CT molecular complexity index is 1160. The van der Waals surface area contributed by atoms with Crippen molar-refractivity contribution in [3.05, 3.63) is 89.4 Å². The van der Waals surface area contributed by atoms with Crippen molar-refractivity contribution in [2.75, 3.05) is 6.54 Å². The summed E-state index contributed by atoms with van der Waals surface area (Å²) in [5, 5.41) is 9.58. The van der Waals surface area contributed by atoms with Crippen LogP contribution in [0.15, 0.2) is 78.9 Å². The smallest absolute Gasteiger partial charge is 0.244 e. The molecule has 158 valence electrons. The lowest BCUT2D eigenvalue weighted by molar-refractivity contribution is -0.124. The minimum atomic E-state index is -0.377. The molecule has 0 bridgehead atoms. The van der Waals surface area contributed by atoms with E-state index in [1.54, 1.807) is 0 Å². The van der Waals surface area contributed by atoms with Crippen LogP contribution in [0.1, 0.15) is 31.4 Å². The zero-order chi connectivity index (χ0) is 21.6. The Morgan fingerprint density at radius 2 is 1.74 bits per heavy atom. The molecular weight excluding hydrogens is 406 g/mol. The molecule has 0 unspecified atom stereocenters. The van der Waals surface area contributed by atoms with E-state index in [4.69, 9.17) is 16.7 Å². The topological polar surface area (TPSA) is 46.9 Å². The number of aryl methyl sites for hydroxylation is 1. The molecule has 1 heterocycles. The van der Waals surface area contributed by atoms with Crippen molar-refractivity contribution in [3.8, 4) is 11.3 Å². The van der Waals surface area contributed by atoms with Crippen molar-refractivity contribution >= 4 is 28.4 Å². The van der Waals surface area contributed by atoms with Crippen molar-refractivity contribution in [1.82, 2.24) is 15.1 Å². The maximum atomic E-state index is 13.0. The molecule has 0 fully saturated rings. The lowest BCUT2D eigenvalue weighted by Crippen LogP contribution is -2.33. The van der Waals surface area contributed by atoms with E-state index in [0.717, 1.165) is 35.0 Å². The van der Waals surface area contributed by atoms with E-state index in [1.807, 2.05) is 78.3 Å². The number of benzene rings is 3. The average Bonchev–Trinajstić information content (AvgIpc) is 3.17. The molecule has 1 N–H and O–H groups in total. The number of nitrogens with one attached hydrogen (secondary N) is 1. The lowest BCUT2D eigenvalue weighted by atomic mass is 10.1. The van der Waals surface area contributed by atoms with Gasteiger partial charge in [-0.1, -0.05) is 79.2 Å². The second kappa shape index (κ2) is 9.80. The Balaban J connectivity index is 1.55. The maximum Gasteiger partial charge on any atom is 0.244 e. The van der Waals surface area contributed by atoms with Crippen LogP contribution < -0.4 is 5.32 Å². The molecule has 0 aliphatic heterocycles. The van der Waals surface area contributed by atoms with Gasteiger partial charge in [0.05, 0.1) is 5.52 Å². The molecular formula is C26H26ClN3O. The van der Waals surface area contributed by atoms with E-state index in [2.05, 4.69) is 17.4 Å². The van der Waals surface area contributed by atoms with Gasteiger partial charge in [0.1, 0.15) is 11.7 Å². The van der Waals surface area contributed by atoms with Gasteiger partial charge in [-0.15, -0.1) is 0 Å². The number of nitrogens with zero attached hydrogens (tertiary/aromatic N) is 2. The zero-order valence-electron chi connectivity index (χ0n) is 17.6. The quantitative estimate of drug-likeness (QED) is 0.345. The van der Waals surface area contributed by atoms with Crippen LogP contribution in [0.25, 0.3) is 22.2 Å². The van der Waals surface area contributed by atoms with Crippen LogP contribution in [-0.2, 0) is 11.2 Å². The van der Waals surface area contributed by atoms with Crippen LogP contribution >= 0.6 is 11.6 Å². The van der Waals surface area contributed by atoms with Gasteiger partial charge in [-0.2, -0.15) is 5.10 Å². The minimum Gasteiger partial charge on any atom is -0.354 e. The highest BCUT2D eigenvalue weighted by atomic mass is 35.5. The van der Waals surface area contributed by atoms with Gasteiger partial charge in [-0.25, -0.2) is 0 Å². The molecule has 0 aliphatic carbocycles. The Labute approximate surface area is 187 Å². The molecule has 4 nitrogen and oxygen atoms in total. The van der Waals surface area contributed by atoms with Gasteiger partial charge in [0.25, 0.3) is 0 Å². The third-order valence-corrected chi connectivity index (χ3v) is 5.72. The van der Waals surface area contributed by atoms with Crippen LogP contribution in [0.5, 0.6) is 0 Å². The Morgan fingerprint density at radius 1 is 1.03 bits per heavy atom. The van der Waals surface area contributed by atoms with E-state index < -0.39 is 0 Å². The SMILES string of the molecule is CC[C@H](C(=O)NCCCc1ccccc1)n1nc(-c2ccccc2)c2cc(Cl)ccc21. The van der Waals surface area contributed by atoms with Crippen molar-refractivity contribution in [3.63, 3.8) is 0 Å². The van der Waals surface area contributed by atoms with Gasteiger partial charge in [0, 0.05) is 22.5 Å². The molecule has 4 aromatic rings. The Hall–Kier alpha value is -3.11. The molecule has 3 aromatic carbocycles. The normalized spacial score (nSPS) is 12.1. The van der Waals surface area contributed by atoms with E-state index in [1.165, 1.54) is 5.56 Å². The molecule has 1 amide bonds. The predicted molar refractivity (Wildman–Crippen MR) is 127 cm³/mol. The second-order valence-electron chi connectivity index (χ2n) is 7.62. The number of carbonyl (C=O) groups is 1. The van der Waals surface area contributed by atoms with Crippen LogP contribution in [0.3, 0.4) is 0 Å². The summed E-state index contributed by atoms with van der Waals surface area (Å²) in [6.45, 7) is 2.65. The highest BCUT2D eigenvalue weighted by molar-refractivity contribution is 6.31. The first kappa shape index (κ1) is 21.1. The molecule has 4 rings (SSSR count). The maximum absolute atomic E-state index is 13.0. The summed E-state index contributed by atoms with van der Waals surface area (Å²) >= 11 is 6.28. The first-order chi connectivity index (χ1) is 15.2. The van der Waals surface area contributed by atoms with E-state index in [0.29, 0.717) is 18.0 Å². The van der Waals surface area contributed by atoms with Gasteiger partial charge in [-0.05, 0) is 43.0 Å². The summed E-state index contributed by atoms with van der Waals surface area (Å²) in [7, 11) is 0. The highest BCUT2D eigenvalue weighted by Crippen LogP contribution is 2.32.